The SMILES string of the molecule is O=C(Nc1ccc(C(=O)N2CCN(C(=O)Nc3ccc(F)cc3)CC2)s1)c1ccco1. The quantitative estimate of drug-likeness (QED) is 0.644. The average molecular weight is 442 g/mol. The molecule has 1 saturated heterocycles. The molecule has 1 aliphatic rings. The van der Waals surface area contributed by atoms with Gasteiger partial charge in [0.05, 0.1) is 16.1 Å². The van der Waals surface area contributed by atoms with E-state index in [4.69, 9.17) is 4.42 Å². The molecule has 31 heavy (non-hydrogen) atoms. The van der Waals surface area contributed by atoms with Gasteiger partial charge in [0, 0.05) is 31.9 Å². The number of nitrogens with zero attached hydrogens (tertiary/aromatic N) is 2. The van der Waals surface area contributed by atoms with Crippen LogP contribution in [-0.2, 0) is 0 Å². The van der Waals surface area contributed by atoms with Crippen molar-refractivity contribution in [2.75, 3.05) is 36.8 Å². The summed E-state index contributed by atoms with van der Waals surface area (Å²) in [6.07, 6.45) is 1.41. The third-order valence-electron chi connectivity index (χ3n) is 4.75. The maximum absolute atomic E-state index is 13.0. The number of hydrogen-bond donors (Lipinski definition) is 2. The molecule has 0 unspecified atom stereocenters. The first-order chi connectivity index (χ1) is 15.0. The second-order valence-electron chi connectivity index (χ2n) is 6.81. The molecule has 1 aliphatic heterocycles. The Labute approximate surface area is 181 Å². The summed E-state index contributed by atoms with van der Waals surface area (Å²) in [5.41, 5.74) is 0.507. The minimum Gasteiger partial charge on any atom is -0.459 e. The van der Waals surface area contributed by atoms with Crippen LogP contribution in [0.15, 0.2) is 59.2 Å². The lowest BCUT2D eigenvalue weighted by molar-refractivity contribution is 0.0676. The van der Waals surface area contributed by atoms with E-state index in [2.05, 4.69) is 10.6 Å². The number of thiophene rings is 1. The molecule has 160 valence electrons. The molecule has 4 rings (SSSR count). The van der Waals surface area contributed by atoms with Crippen LogP contribution < -0.4 is 10.6 Å². The molecule has 0 spiro atoms. The summed E-state index contributed by atoms with van der Waals surface area (Å²) < 4.78 is 18.0. The molecule has 0 saturated carbocycles. The Morgan fingerprint density at radius 1 is 0.903 bits per heavy atom. The fraction of sp³-hybridized carbons (Fsp3) is 0.190. The first kappa shape index (κ1) is 20.6. The van der Waals surface area contributed by atoms with Gasteiger partial charge in [-0.15, -0.1) is 11.3 Å². The Kier molecular flexibility index (Phi) is 5.99. The van der Waals surface area contributed by atoms with E-state index in [1.54, 1.807) is 34.1 Å². The highest BCUT2D eigenvalue weighted by atomic mass is 32.1. The molecule has 0 aliphatic carbocycles. The van der Waals surface area contributed by atoms with Crippen LogP contribution in [0.5, 0.6) is 0 Å². The fourth-order valence-electron chi connectivity index (χ4n) is 3.11. The predicted octanol–water partition coefficient (Wildman–Crippen LogP) is 3.72. The molecule has 1 aromatic carbocycles. The number of amides is 4. The highest BCUT2D eigenvalue weighted by Gasteiger charge is 2.26. The summed E-state index contributed by atoms with van der Waals surface area (Å²) in [6, 6.07) is 11.8. The van der Waals surface area contributed by atoms with Crippen molar-refractivity contribution >= 4 is 39.9 Å². The van der Waals surface area contributed by atoms with Crippen LogP contribution in [0.1, 0.15) is 20.2 Å². The van der Waals surface area contributed by atoms with E-state index >= 15 is 0 Å². The van der Waals surface area contributed by atoms with Gasteiger partial charge in [-0.3, -0.25) is 9.59 Å². The lowest BCUT2D eigenvalue weighted by atomic mass is 10.3. The zero-order valence-corrected chi connectivity index (χ0v) is 17.2. The van der Waals surface area contributed by atoms with Crippen molar-refractivity contribution in [2.45, 2.75) is 0 Å². The highest BCUT2D eigenvalue weighted by molar-refractivity contribution is 7.18. The molecule has 0 bridgehead atoms. The molecule has 8 nitrogen and oxygen atoms in total. The van der Waals surface area contributed by atoms with Gasteiger partial charge in [0.1, 0.15) is 5.82 Å². The average Bonchev–Trinajstić information content (AvgIpc) is 3.47. The Bertz CT molecular complexity index is 1070. The Morgan fingerprint density at radius 2 is 1.61 bits per heavy atom. The van der Waals surface area contributed by atoms with Gasteiger partial charge in [0.15, 0.2) is 5.76 Å². The van der Waals surface area contributed by atoms with E-state index in [1.165, 1.54) is 41.9 Å². The molecule has 0 radical (unpaired) electrons. The summed E-state index contributed by atoms with van der Waals surface area (Å²) in [4.78, 5) is 41.0. The fourth-order valence-corrected chi connectivity index (χ4v) is 3.97. The van der Waals surface area contributed by atoms with Crippen molar-refractivity contribution in [2.24, 2.45) is 0 Å². The number of nitrogens with one attached hydrogen (secondary N) is 2. The molecule has 4 amide bonds. The zero-order valence-electron chi connectivity index (χ0n) is 16.3. The number of hydrogen-bond acceptors (Lipinski definition) is 5. The first-order valence-electron chi connectivity index (χ1n) is 9.55. The van der Waals surface area contributed by atoms with E-state index in [-0.39, 0.29) is 29.4 Å². The van der Waals surface area contributed by atoms with Crippen molar-refractivity contribution in [3.8, 4) is 0 Å². The summed E-state index contributed by atoms with van der Waals surface area (Å²) in [7, 11) is 0. The van der Waals surface area contributed by atoms with Crippen LogP contribution in [0.3, 0.4) is 0 Å². The molecule has 10 heteroatoms. The number of carbonyl (C=O) groups excluding carboxylic acids is 3. The van der Waals surface area contributed by atoms with Crippen molar-refractivity contribution in [1.29, 1.82) is 0 Å². The van der Waals surface area contributed by atoms with Gasteiger partial charge in [0.25, 0.3) is 11.8 Å². The van der Waals surface area contributed by atoms with Crippen molar-refractivity contribution in [3.05, 3.63) is 71.2 Å². The topological polar surface area (TPSA) is 94.9 Å². The third kappa shape index (κ3) is 4.92. The number of piperazine rings is 1. The van der Waals surface area contributed by atoms with Gasteiger partial charge >= 0.3 is 6.03 Å². The van der Waals surface area contributed by atoms with Crippen LogP contribution in [0, 0.1) is 5.82 Å². The van der Waals surface area contributed by atoms with Gasteiger partial charge in [-0.25, -0.2) is 9.18 Å². The van der Waals surface area contributed by atoms with Gasteiger partial charge in [0.2, 0.25) is 0 Å². The second-order valence-corrected chi connectivity index (χ2v) is 7.90. The molecule has 3 heterocycles. The monoisotopic (exact) mass is 442 g/mol. The molecule has 2 aromatic heterocycles. The second kappa shape index (κ2) is 9.00. The maximum Gasteiger partial charge on any atom is 0.321 e. The standard InChI is InChI=1S/C21H19FN4O4S/c22-14-3-5-15(6-4-14)23-21(29)26-11-9-25(10-12-26)20(28)17-7-8-18(31-17)24-19(27)16-2-1-13-30-16/h1-8,13H,9-12H2,(H,23,29)(H,24,27). The smallest absolute Gasteiger partial charge is 0.321 e. The molecular formula is C21H19FN4O4S. The summed E-state index contributed by atoms with van der Waals surface area (Å²) in [5, 5.41) is 5.96. The van der Waals surface area contributed by atoms with Gasteiger partial charge in [-0.1, -0.05) is 0 Å². The minimum atomic E-state index is -0.383. The van der Waals surface area contributed by atoms with Crippen molar-refractivity contribution in [3.63, 3.8) is 0 Å². The number of halogens is 1. The van der Waals surface area contributed by atoms with Gasteiger partial charge in [-0.05, 0) is 48.5 Å². The summed E-state index contributed by atoms with van der Waals surface area (Å²) >= 11 is 1.18. The van der Waals surface area contributed by atoms with Crippen LogP contribution in [0.2, 0.25) is 0 Å². The number of furan rings is 1. The molecule has 0 atom stereocenters. The first-order valence-corrected chi connectivity index (χ1v) is 10.4. The van der Waals surface area contributed by atoms with Gasteiger partial charge in [-0.2, -0.15) is 0 Å². The van der Waals surface area contributed by atoms with E-state index in [0.717, 1.165) is 0 Å². The largest absolute Gasteiger partial charge is 0.459 e. The lowest BCUT2D eigenvalue weighted by Gasteiger charge is -2.34. The minimum absolute atomic E-state index is 0.151. The zero-order chi connectivity index (χ0) is 21.8. The Hall–Kier alpha value is -3.66. The number of carbonyl (C=O) groups is 3. The van der Waals surface area contributed by atoms with Crippen LogP contribution in [0.4, 0.5) is 19.9 Å². The van der Waals surface area contributed by atoms with Crippen LogP contribution in [0.25, 0.3) is 0 Å². The lowest BCUT2D eigenvalue weighted by Crippen LogP contribution is -2.51. The van der Waals surface area contributed by atoms with Crippen molar-refractivity contribution in [1.82, 2.24) is 9.80 Å². The molecular weight excluding hydrogens is 423 g/mol. The number of urea groups is 1. The van der Waals surface area contributed by atoms with Crippen molar-refractivity contribution < 1.29 is 23.2 Å². The molecule has 2 N–H and O–H groups in total. The summed E-state index contributed by atoms with van der Waals surface area (Å²) in [5.74, 6) is -0.715. The van der Waals surface area contributed by atoms with Gasteiger partial charge < -0.3 is 24.9 Å². The van der Waals surface area contributed by atoms with Crippen LogP contribution >= 0.6 is 11.3 Å². The number of anilines is 2. The molecule has 1 fully saturated rings. The maximum atomic E-state index is 13.0. The normalized spacial score (nSPS) is 13.7. The highest BCUT2D eigenvalue weighted by Crippen LogP contribution is 2.24. The van der Waals surface area contributed by atoms with E-state index in [0.29, 0.717) is 41.7 Å². The number of benzene rings is 1. The van der Waals surface area contributed by atoms with E-state index in [1.807, 2.05) is 0 Å². The predicted molar refractivity (Wildman–Crippen MR) is 114 cm³/mol. The third-order valence-corrected chi connectivity index (χ3v) is 5.74. The molecule has 3 aromatic rings. The van der Waals surface area contributed by atoms with Crippen LogP contribution in [-0.4, -0.2) is 53.8 Å². The van der Waals surface area contributed by atoms with E-state index in [9.17, 15) is 18.8 Å². The Morgan fingerprint density at radius 3 is 2.29 bits per heavy atom. The Balaban J connectivity index is 1.29. The van der Waals surface area contributed by atoms with E-state index < -0.39 is 0 Å². The number of rotatable bonds is 4. The summed E-state index contributed by atoms with van der Waals surface area (Å²) in [6.45, 7) is 1.54.